The molecule has 0 aromatic heterocycles. The van der Waals surface area contributed by atoms with Crippen LogP contribution in [0.5, 0.6) is 5.75 Å². The molecule has 7 nitrogen and oxygen atoms in total. The van der Waals surface area contributed by atoms with Crippen molar-refractivity contribution in [2.75, 3.05) is 0 Å². The fourth-order valence-corrected chi connectivity index (χ4v) is 4.66. The van der Waals surface area contributed by atoms with E-state index in [0.29, 0.717) is 30.6 Å². The number of hydrogen-bond donors (Lipinski definition) is 2. The lowest BCUT2D eigenvalue weighted by Gasteiger charge is -2.34. The summed E-state index contributed by atoms with van der Waals surface area (Å²) in [5.41, 5.74) is 1.49. The van der Waals surface area contributed by atoms with Gasteiger partial charge in [0.15, 0.2) is 0 Å². The molecule has 3 atom stereocenters. The van der Waals surface area contributed by atoms with Gasteiger partial charge in [0.1, 0.15) is 17.9 Å². The van der Waals surface area contributed by atoms with Crippen LogP contribution in [-0.4, -0.2) is 46.9 Å². The van der Waals surface area contributed by atoms with Gasteiger partial charge in [0.25, 0.3) is 5.91 Å². The molecule has 2 unspecified atom stereocenters. The fraction of sp³-hybridized carbons (Fsp3) is 0.591. The van der Waals surface area contributed by atoms with Gasteiger partial charge in [0.2, 0.25) is 11.8 Å². The third-order valence-corrected chi connectivity index (χ3v) is 6.03. The zero-order valence-electron chi connectivity index (χ0n) is 17.1. The number of benzene rings is 1. The first-order valence-electron chi connectivity index (χ1n) is 10.6. The summed E-state index contributed by atoms with van der Waals surface area (Å²) in [7, 11) is 0. The Kier molecular flexibility index (Phi) is 5.58. The van der Waals surface area contributed by atoms with Crippen LogP contribution in [-0.2, 0) is 16.1 Å². The summed E-state index contributed by atoms with van der Waals surface area (Å²) in [6.07, 6.45) is 5.25. The van der Waals surface area contributed by atoms with E-state index in [1.165, 1.54) is 6.42 Å². The van der Waals surface area contributed by atoms with Crippen LogP contribution in [0.1, 0.15) is 68.3 Å². The molecule has 1 aliphatic carbocycles. The Balaban J connectivity index is 1.47. The zero-order valence-corrected chi connectivity index (χ0v) is 17.1. The Morgan fingerprint density at radius 2 is 1.93 bits per heavy atom. The topological polar surface area (TPSA) is 87.7 Å². The average Bonchev–Trinajstić information content (AvgIpc) is 2.99. The highest BCUT2D eigenvalue weighted by Crippen LogP contribution is 2.32. The molecular formula is C22H29N3O4. The second-order valence-electron chi connectivity index (χ2n) is 8.59. The SMILES string of the molecule is CC(C)NC1CCCC[C@H]1Oc1ccc2c(c1)CN(C1CCC(=O)NC1=O)C2=O. The Labute approximate surface area is 171 Å². The molecule has 0 bridgehead atoms. The molecule has 1 saturated carbocycles. The van der Waals surface area contributed by atoms with E-state index < -0.39 is 6.04 Å². The number of imide groups is 1. The molecule has 0 spiro atoms. The van der Waals surface area contributed by atoms with Crippen LogP contribution in [0, 0.1) is 0 Å². The first kappa shape index (κ1) is 19.9. The van der Waals surface area contributed by atoms with Gasteiger partial charge in [-0.25, -0.2) is 0 Å². The smallest absolute Gasteiger partial charge is 0.255 e. The van der Waals surface area contributed by atoms with Crippen LogP contribution in [0.25, 0.3) is 0 Å². The van der Waals surface area contributed by atoms with E-state index in [1.54, 1.807) is 11.0 Å². The number of carbonyl (C=O) groups is 3. The predicted molar refractivity (Wildman–Crippen MR) is 107 cm³/mol. The molecule has 3 aliphatic rings. The second kappa shape index (κ2) is 8.14. The maximum absolute atomic E-state index is 12.8. The van der Waals surface area contributed by atoms with Crippen LogP contribution < -0.4 is 15.4 Å². The normalized spacial score (nSPS) is 27.2. The van der Waals surface area contributed by atoms with Crippen LogP contribution in [0.15, 0.2) is 18.2 Å². The molecule has 1 aromatic carbocycles. The van der Waals surface area contributed by atoms with Gasteiger partial charge in [0, 0.05) is 30.6 Å². The van der Waals surface area contributed by atoms with Gasteiger partial charge >= 0.3 is 0 Å². The maximum Gasteiger partial charge on any atom is 0.255 e. The standard InChI is InChI=1S/C22H29N3O4/c1-13(2)23-17-5-3-4-6-19(17)29-15-7-8-16-14(11-15)12-25(22(16)28)18-9-10-20(26)24-21(18)27/h7-8,11,13,17-19,23H,3-6,9-10,12H2,1-2H3,(H,24,26,27)/t17?,18?,19-/m1/s1. The van der Waals surface area contributed by atoms with Crippen molar-refractivity contribution in [2.24, 2.45) is 0 Å². The van der Waals surface area contributed by atoms with Crippen molar-refractivity contribution in [3.8, 4) is 5.75 Å². The van der Waals surface area contributed by atoms with Gasteiger partial charge < -0.3 is 15.0 Å². The van der Waals surface area contributed by atoms with Crippen molar-refractivity contribution >= 4 is 17.7 Å². The molecule has 1 saturated heterocycles. The minimum atomic E-state index is -0.588. The van der Waals surface area contributed by atoms with E-state index in [0.717, 1.165) is 30.6 Å². The minimum absolute atomic E-state index is 0.118. The van der Waals surface area contributed by atoms with Gasteiger partial charge in [-0.3, -0.25) is 19.7 Å². The van der Waals surface area contributed by atoms with Crippen LogP contribution in [0.2, 0.25) is 0 Å². The third-order valence-electron chi connectivity index (χ3n) is 6.03. The lowest BCUT2D eigenvalue weighted by Crippen LogP contribution is -2.52. The second-order valence-corrected chi connectivity index (χ2v) is 8.59. The number of rotatable bonds is 5. The monoisotopic (exact) mass is 399 g/mol. The van der Waals surface area contributed by atoms with Gasteiger partial charge in [0.05, 0.1) is 0 Å². The molecule has 4 rings (SSSR count). The molecule has 29 heavy (non-hydrogen) atoms. The minimum Gasteiger partial charge on any atom is -0.489 e. The number of hydrogen-bond acceptors (Lipinski definition) is 5. The molecule has 2 fully saturated rings. The van der Waals surface area contributed by atoms with Crippen molar-refractivity contribution in [2.45, 2.75) is 83.1 Å². The van der Waals surface area contributed by atoms with Crippen molar-refractivity contribution < 1.29 is 19.1 Å². The lowest BCUT2D eigenvalue weighted by atomic mass is 9.92. The highest BCUT2D eigenvalue weighted by molar-refractivity contribution is 6.05. The first-order chi connectivity index (χ1) is 13.9. The summed E-state index contributed by atoms with van der Waals surface area (Å²) in [5.74, 6) is -0.0472. The number of nitrogens with one attached hydrogen (secondary N) is 2. The van der Waals surface area contributed by atoms with E-state index in [1.807, 2.05) is 12.1 Å². The summed E-state index contributed by atoms with van der Waals surface area (Å²) < 4.78 is 6.33. The highest BCUT2D eigenvalue weighted by atomic mass is 16.5. The van der Waals surface area contributed by atoms with Crippen molar-refractivity contribution in [3.63, 3.8) is 0 Å². The van der Waals surface area contributed by atoms with Gasteiger partial charge in [-0.05, 0) is 49.4 Å². The molecule has 3 amide bonds. The first-order valence-corrected chi connectivity index (χ1v) is 10.6. The Morgan fingerprint density at radius 1 is 1.14 bits per heavy atom. The Hall–Kier alpha value is -2.41. The van der Waals surface area contributed by atoms with Gasteiger partial charge in [-0.2, -0.15) is 0 Å². The number of nitrogens with zero attached hydrogens (tertiary/aromatic N) is 1. The van der Waals surface area contributed by atoms with E-state index in [4.69, 9.17) is 4.74 Å². The Morgan fingerprint density at radius 3 is 2.69 bits per heavy atom. The molecule has 1 aromatic rings. The highest BCUT2D eigenvalue weighted by Gasteiger charge is 2.39. The van der Waals surface area contributed by atoms with E-state index in [2.05, 4.69) is 24.5 Å². The van der Waals surface area contributed by atoms with Gasteiger partial charge in [-0.1, -0.05) is 20.3 Å². The summed E-state index contributed by atoms with van der Waals surface area (Å²) in [6, 6.07) is 5.73. The third kappa shape index (κ3) is 4.15. The quantitative estimate of drug-likeness (QED) is 0.741. The number of amides is 3. The largest absolute Gasteiger partial charge is 0.489 e. The predicted octanol–water partition coefficient (Wildman–Crippen LogP) is 2.14. The average molecular weight is 399 g/mol. The van der Waals surface area contributed by atoms with Crippen molar-refractivity contribution in [1.82, 2.24) is 15.5 Å². The van der Waals surface area contributed by atoms with Crippen LogP contribution in [0.4, 0.5) is 0 Å². The number of ether oxygens (including phenoxy) is 1. The molecule has 2 aliphatic heterocycles. The molecule has 2 heterocycles. The van der Waals surface area contributed by atoms with Crippen molar-refractivity contribution in [1.29, 1.82) is 0 Å². The molecule has 7 heteroatoms. The van der Waals surface area contributed by atoms with Crippen LogP contribution >= 0.6 is 0 Å². The van der Waals surface area contributed by atoms with E-state index in [-0.39, 0.29) is 30.2 Å². The lowest BCUT2D eigenvalue weighted by molar-refractivity contribution is -0.136. The summed E-state index contributed by atoms with van der Waals surface area (Å²) >= 11 is 0. The van der Waals surface area contributed by atoms with Crippen molar-refractivity contribution in [3.05, 3.63) is 29.3 Å². The summed E-state index contributed by atoms with van der Waals surface area (Å²) in [6.45, 7) is 4.67. The van der Waals surface area contributed by atoms with Crippen LogP contribution in [0.3, 0.4) is 0 Å². The Bertz CT molecular complexity index is 822. The number of piperidine rings is 1. The zero-order chi connectivity index (χ0) is 20.5. The summed E-state index contributed by atoms with van der Waals surface area (Å²) in [4.78, 5) is 38.0. The molecular weight excluding hydrogens is 370 g/mol. The number of fused-ring (bicyclic) bond motifs is 1. The van der Waals surface area contributed by atoms with Gasteiger partial charge in [-0.15, -0.1) is 0 Å². The summed E-state index contributed by atoms with van der Waals surface area (Å²) in [5, 5.41) is 5.95. The molecule has 0 radical (unpaired) electrons. The van der Waals surface area contributed by atoms with E-state index >= 15 is 0 Å². The molecule has 156 valence electrons. The number of carbonyl (C=O) groups excluding carboxylic acids is 3. The maximum atomic E-state index is 12.8. The van der Waals surface area contributed by atoms with E-state index in [9.17, 15) is 14.4 Å². The fourth-order valence-electron chi connectivity index (χ4n) is 4.66. The molecule has 2 N–H and O–H groups in total.